The molecule has 0 radical (unpaired) electrons. The Bertz CT molecular complexity index is 591. The van der Waals surface area contributed by atoms with Crippen molar-refractivity contribution >= 4 is 29.0 Å². The maximum Gasteiger partial charge on any atom is 0.273 e. The first-order chi connectivity index (χ1) is 10.2. The molecular weight excluding hydrogens is 290 g/mol. The third-order valence-electron chi connectivity index (χ3n) is 3.96. The van der Waals surface area contributed by atoms with Crippen molar-refractivity contribution in [1.29, 1.82) is 0 Å². The lowest BCUT2D eigenvalue weighted by Crippen LogP contribution is -2.37. The van der Waals surface area contributed by atoms with Gasteiger partial charge in [0.2, 0.25) is 0 Å². The second kappa shape index (κ2) is 6.00. The first-order valence-corrected chi connectivity index (χ1v) is 7.45. The van der Waals surface area contributed by atoms with Crippen LogP contribution in [-0.4, -0.2) is 36.5 Å². The van der Waals surface area contributed by atoms with Crippen molar-refractivity contribution in [3.8, 4) is 0 Å². The number of hydrogen-bond donors (Lipinski definition) is 0. The van der Waals surface area contributed by atoms with Crippen LogP contribution in [0.3, 0.4) is 0 Å². The lowest BCUT2D eigenvalue weighted by molar-refractivity contribution is -0.137. The molecule has 1 aromatic carbocycles. The Morgan fingerprint density at radius 3 is 2.43 bits per heavy atom. The summed E-state index contributed by atoms with van der Waals surface area (Å²) in [6, 6.07) is 9.09. The van der Waals surface area contributed by atoms with Gasteiger partial charge in [-0.25, -0.2) is 0 Å². The van der Waals surface area contributed by atoms with Crippen LogP contribution in [0.5, 0.6) is 0 Å². The molecule has 2 amide bonds. The maximum atomic E-state index is 12.5. The molecule has 1 saturated heterocycles. The molecule has 0 aliphatic carbocycles. The van der Waals surface area contributed by atoms with E-state index in [-0.39, 0.29) is 16.8 Å². The Hall–Kier alpha value is -1.65. The van der Waals surface area contributed by atoms with E-state index in [1.165, 1.54) is 4.90 Å². The van der Waals surface area contributed by atoms with E-state index in [1.54, 1.807) is 12.1 Å². The maximum absolute atomic E-state index is 12.5. The number of benzene rings is 1. The Morgan fingerprint density at radius 2 is 1.76 bits per heavy atom. The van der Waals surface area contributed by atoms with Crippen molar-refractivity contribution in [2.24, 2.45) is 5.92 Å². The molecule has 0 aromatic heterocycles. The molecule has 5 heteroatoms. The lowest BCUT2D eigenvalue weighted by atomic mass is 9.99. The number of carbonyl (C=O) groups is 2. The number of halogens is 1. The van der Waals surface area contributed by atoms with E-state index >= 15 is 0 Å². The first kappa shape index (κ1) is 14.3. The molecule has 2 aliphatic heterocycles. The minimum atomic E-state index is -0.382. The molecule has 0 bridgehead atoms. The van der Waals surface area contributed by atoms with Crippen LogP contribution < -0.4 is 0 Å². The predicted molar refractivity (Wildman–Crippen MR) is 79.5 cm³/mol. The van der Waals surface area contributed by atoms with Gasteiger partial charge in [-0.05, 0) is 24.3 Å². The Balaban J connectivity index is 1.81. The van der Waals surface area contributed by atoms with Gasteiger partial charge in [-0.2, -0.15) is 0 Å². The van der Waals surface area contributed by atoms with Gasteiger partial charge in [0, 0.05) is 19.8 Å². The smallest absolute Gasteiger partial charge is 0.273 e. The van der Waals surface area contributed by atoms with Crippen LogP contribution in [0, 0.1) is 5.92 Å². The van der Waals surface area contributed by atoms with Gasteiger partial charge >= 0.3 is 0 Å². The van der Waals surface area contributed by atoms with E-state index in [4.69, 9.17) is 16.3 Å². The summed E-state index contributed by atoms with van der Waals surface area (Å²) in [5.74, 6) is -0.374. The summed E-state index contributed by atoms with van der Waals surface area (Å²) in [7, 11) is 0. The fraction of sp³-hybridized carbons (Fsp3) is 0.375. The molecule has 21 heavy (non-hydrogen) atoms. The number of carbonyl (C=O) groups excluding carboxylic acids is 2. The minimum Gasteiger partial charge on any atom is -0.381 e. The molecule has 2 heterocycles. The number of imide groups is 1. The molecule has 110 valence electrons. The van der Waals surface area contributed by atoms with Gasteiger partial charge in [0.1, 0.15) is 5.03 Å². The number of hydrogen-bond acceptors (Lipinski definition) is 3. The Kier molecular flexibility index (Phi) is 4.08. The molecule has 4 nitrogen and oxygen atoms in total. The average molecular weight is 306 g/mol. The van der Waals surface area contributed by atoms with Gasteiger partial charge in [-0.3, -0.25) is 14.5 Å². The van der Waals surface area contributed by atoms with Crippen LogP contribution in [0.2, 0.25) is 0 Å². The SMILES string of the molecule is O=C1C(Cl)=C(c2ccccc2)C(=O)N1CC1CCOCC1. The molecule has 0 unspecified atom stereocenters. The fourth-order valence-corrected chi connectivity index (χ4v) is 3.05. The summed E-state index contributed by atoms with van der Waals surface area (Å²) in [6.07, 6.45) is 1.74. The quantitative estimate of drug-likeness (QED) is 0.806. The van der Waals surface area contributed by atoms with Crippen molar-refractivity contribution in [3.05, 3.63) is 40.9 Å². The zero-order valence-corrected chi connectivity index (χ0v) is 12.3. The zero-order chi connectivity index (χ0) is 14.8. The van der Waals surface area contributed by atoms with Gasteiger partial charge < -0.3 is 4.74 Å². The summed E-state index contributed by atoms with van der Waals surface area (Å²) < 4.78 is 5.30. The number of rotatable bonds is 3. The van der Waals surface area contributed by atoms with Gasteiger partial charge in [-0.15, -0.1) is 0 Å². The molecule has 0 saturated carbocycles. The zero-order valence-electron chi connectivity index (χ0n) is 11.5. The van der Waals surface area contributed by atoms with E-state index in [9.17, 15) is 9.59 Å². The van der Waals surface area contributed by atoms with E-state index < -0.39 is 0 Å². The van der Waals surface area contributed by atoms with Crippen LogP contribution in [0.4, 0.5) is 0 Å². The van der Waals surface area contributed by atoms with Crippen LogP contribution in [0.25, 0.3) is 5.57 Å². The molecule has 1 fully saturated rings. The summed E-state index contributed by atoms with van der Waals surface area (Å²) >= 11 is 6.11. The predicted octanol–water partition coefficient (Wildman–Crippen LogP) is 2.43. The van der Waals surface area contributed by atoms with Crippen LogP contribution in [-0.2, 0) is 14.3 Å². The molecule has 2 aliphatic rings. The highest BCUT2D eigenvalue weighted by atomic mass is 35.5. The molecule has 0 atom stereocenters. The summed E-state index contributed by atoms with van der Waals surface area (Å²) in [5.41, 5.74) is 1.00. The second-order valence-electron chi connectivity index (χ2n) is 5.33. The van der Waals surface area contributed by atoms with Crippen LogP contribution in [0.1, 0.15) is 18.4 Å². The van der Waals surface area contributed by atoms with Gasteiger partial charge in [0.15, 0.2) is 0 Å². The average Bonchev–Trinajstić information content (AvgIpc) is 2.73. The second-order valence-corrected chi connectivity index (χ2v) is 5.71. The van der Waals surface area contributed by atoms with E-state index in [1.807, 2.05) is 18.2 Å². The summed E-state index contributed by atoms with van der Waals surface area (Å²) in [4.78, 5) is 26.1. The highest BCUT2D eigenvalue weighted by Gasteiger charge is 2.39. The standard InChI is InChI=1S/C16H16ClNO3/c17-14-13(12-4-2-1-3-5-12)15(19)18(16(14)20)10-11-6-8-21-9-7-11/h1-5,11H,6-10H2. The summed E-state index contributed by atoms with van der Waals surface area (Å²) in [6.45, 7) is 1.80. The molecule has 0 N–H and O–H groups in total. The number of ether oxygens (including phenoxy) is 1. The van der Waals surface area contributed by atoms with Crippen molar-refractivity contribution in [3.63, 3.8) is 0 Å². The van der Waals surface area contributed by atoms with Crippen LogP contribution >= 0.6 is 11.6 Å². The highest BCUT2D eigenvalue weighted by molar-refractivity contribution is 6.55. The van der Waals surface area contributed by atoms with Gasteiger partial charge in [0.05, 0.1) is 5.57 Å². The van der Waals surface area contributed by atoms with Crippen molar-refractivity contribution in [2.45, 2.75) is 12.8 Å². The Labute approximate surface area is 128 Å². The third-order valence-corrected chi connectivity index (χ3v) is 4.31. The molecule has 1 aromatic rings. The summed E-state index contributed by atoms with van der Waals surface area (Å²) in [5, 5.41) is 0.0262. The largest absolute Gasteiger partial charge is 0.381 e. The molecule has 0 spiro atoms. The van der Waals surface area contributed by atoms with E-state index in [0.29, 0.717) is 36.8 Å². The number of nitrogens with zero attached hydrogens (tertiary/aromatic N) is 1. The van der Waals surface area contributed by atoms with Crippen LogP contribution in [0.15, 0.2) is 35.4 Å². The van der Waals surface area contributed by atoms with Crippen molar-refractivity contribution < 1.29 is 14.3 Å². The monoisotopic (exact) mass is 305 g/mol. The number of amides is 2. The molecular formula is C16H16ClNO3. The van der Waals surface area contributed by atoms with Gasteiger partial charge in [0.25, 0.3) is 11.8 Å². The minimum absolute atomic E-state index is 0.0262. The van der Waals surface area contributed by atoms with Crippen molar-refractivity contribution in [1.82, 2.24) is 4.90 Å². The first-order valence-electron chi connectivity index (χ1n) is 7.07. The van der Waals surface area contributed by atoms with E-state index in [2.05, 4.69) is 0 Å². The lowest BCUT2D eigenvalue weighted by Gasteiger charge is -2.26. The highest BCUT2D eigenvalue weighted by Crippen LogP contribution is 2.32. The molecule has 3 rings (SSSR count). The third kappa shape index (κ3) is 2.74. The Morgan fingerprint density at radius 1 is 1.10 bits per heavy atom. The normalized spacial score (nSPS) is 20.5. The van der Waals surface area contributed by atoms with Gasteiger partial charge in [-0.1, -0.05) is 41.9 Å². The van der Waals surface area contributed by atoms with E-state index in [0.717, 1.165) is 12.8 Å². The van der Waals surface area contributed by atoms with Crippen molar-refractivity contribution in [2.75, 3.05) is 19.8 Å². The fourth-order valence-electron chi connectivity index (χ4n) is 2.75. The topological polar surface area (TPSA) is 46.6 Å².